The highest BCUT2D eigenvalue weighted by atomic mass is 35.5. The van der Waals surface area contributed by atoms with Gasteiger partial charge in [-0.05, 0) is 82.0 Å². The maximum atomic E-state index is 13.2. The summed E-state index contributed by atoms with van der Waals surface area (Å²) in [4.78, 5) is 27.3. The molecule has 0 fully saturated rings. The van der Waals surface area contributed by atoms with Gasteiger partial charge in [0, 0.05) is 22.6 Å². The van der Waals surface area contributed by atoms with Gasteiger partial charge in [0.15, 0.2) is 6.61 Å². The van der Waals surface area contributed by atoms with Gasteiger partial charge in [-0.1, -0.05) is 35.3 Å². The number of nitrogens with one attached hydrogen (secondary N) is 1. The number of carbonyl (C=O) groups is 2. The molecule has 0 spiro atoms. The largest absolute Gasteiger partial charge is 0.483 e. The van der Waals surface area contributed by atoms with Crippen molar-refractivity contribution >= 4 is 35.0 Å². The fourth-order valence-corrected chi connectivity index (χ4v) is 3.66. The Balaban J connectivity index is 2.26. The zero-order chi connectivity index (χ0) is 23.3. The lowest BCUT2D eigenvalue weighted by Gasteiger charge is -2.29. The van der Waals surface area contributed by atoms with Crippen LogP contribution in [-0.4, -0.2) is 35.4 Å². The number of hydrogen-bond acceptors (Lipinski definition) is 3. The van der Waals surface area contributed by atoms with Crippen molar-refractivity contribution in [2.24, 2.45) is 0 Å². The first-order chi connectivity index (χ1) is 14.5. The van der Waals surface area contributed by atoms with E-state index < -0.39 is 6.04 Å². The second kappa shape index (κ2) is 10.9. The zero-order valence-corrected chi connectivity index (χ0v) is 20.4. The molecule has 1 atom stereocenters. The number of ether oxygens (including phenoxy) is 1. The van der Waals surface area contributed by atoms with E-state index in [0.717, 1.165) is 16.7 Å². The lowest BCUT2D eigenvalue weighted by Crippen LogP contribution is -2.50. The predicted octanol–water partition coefficient (Wildman–Crippen LogP) is 5.24. The number of nitrogens with zero attached hydrogens (tertiary/aromatic N) is 1. The maximum absolute atomic E-state index is 13.2. The quantitative estimate of drug-likeness (QED) is 0.580. The van der Waals surface area contributed by atoms with Gasteiger partial charge in [-0.25, -0.2) is 0 Å². The smallest absolute Gasteiger partial charge is 0.261 e. The number of rotatable bonds is 8. The summed E-state index contributed by atoms with van der Waals surface area (Å²) >= 11 is 12.3. The number of hydrogen-bond donors (Lipinski definition) is 1. The van der Waals surface area contributed by atoms with Crippen molar-refractivity contribution in [3.63, 3.8) is 0 Å². The minimum Gasteiger partial charge on any atom is -0.483 e. The molecule has 168 valence electrons. The summed E-state index contributed by atoms with van der Waals surface area (Å²) < 4.78 is 5.86. The second-order valence-electron chi connectivity index (χ2n) is 8.09. The lowest BCUT2D eigenvalue weighted by molar-refractivity contribution is -0.142. The maximum Gasteiger partial charge on any atom is 0.261 e. The zero-order valence-electron chi connectivity index (χ0n) is 18.9. The predicted molar refractivity (Wildman–Crippen MR) is 126 cm³/mol. The Hall–Kier alpha value is -2.24. The van der Waals surface area contributed by atoms with Crippen molar-refractivity contribution in [3.8, 4) is 5.75 Å². The Morgan fingerprint density at radius 1 is 1.06 bits per heavy atom. The molecule has 1 N–H and O–H groups in total. The standard InChI is InChI=1S/C24H30Cl2N2O3/c1-14(2)27-24(30)18(6)28(12-19-7-8-20(25)11-21(19)26)23(29)13-31-22-10-15(3)9-16(4)17(22)5/h7-11,14,18H,12-13H2,1-6H3,(H,27,30)/t18-/m1/s1. The Bertz CT molecular complexity index is 960. The molecule has 2 aromatic rings. The van der Waals surface area contributed by atoms with Crippen molar-refractivity contribution < 1.29 is 14.3 Å². The number of benzene rings is 2. The van der Waals surface area contributed by atoms with E-state index in [2.05, 4.69) is 11.4 Å². The summed E-state index contributed by atoms with van der Waals surface area (Å²) in [6, 6.07) is 8.31. The van der Waals surface area contributed by atoms with Crippen LogP contribution in [0.15, 0.2) is 30.3 Å². The lowest BCUT2D eigenvalue weighted by atomic mass is 10.1. The molecular formula is C24H30Cl2N2O3. The van der Waals surface area contributed by atoms with Gasteiger partial charge in [0.2, 0.25) is 5.91 Å². The van der Waals surface area contributed by atoms with Gasteiger partial charge >= 0.3 is 0 Å². The third-order valence-electron chi connectivity index (χ3n) is 5.07. The molecule has 0 unspecified atom stereocenters. The van der Waals surface area contributed by atoms with Crippen LogP contribution in [0.3, 0.4) is 0 Å². The van der Waals surface area contributed by atoms with Crippen LogP contribution in [-0.2, 0) is 16.1 Å². The van der Waals surface area contributed by atoms with E-state index in [1.807, 2.05) is 40.7 Å². The third-order valence-corrected chi connectivity index (χ3v) is 5.66. The molecule has 0 aliphatic rings. The molecule has 31 heavy (non-hydrogen) atoms. The molecule has 7 heteroatoms. The van der Waals surface area contributed by atoms with Crippen LogP contribution >= 0.6 is 23.2 Å². The topological polar surface area (TPSA) is 58.6 Å². The molecule has 2 amide bonds. The van der Waals surface area contributed by atoms with Crippen LogP contribution < -0.4 is 10.1 Å². The van der Waals surface area contributed by atoms with Crippen LogP contribution in [0.1, 0.15) is 43.0 Å². The van der Waals surface area contributed by atoms with Crippen LogP contribution in [0.4, 0.5) is 0 Å². The summed E-state index contributed by atoms with van der Waals surface area (Å²) in [5.41, 5.74) is 3.83. The van der Waals surface area contributed by atoms with E-state index in [1.165, 1.54) is 4.90 Å². The summed E-state index contributed by atoms with van der Waals surface area (Å²) in [5.74, 6) is 0.113. The molecule has 0 bridgehead atoms. The molecule has 0 aromatic heterocycles. The average Bonchev–Trinajstić information content (AvgIpc) is 2.67. The van der Waals surface area contributed by atoms with Crippen LogP contribution in [0, 0.1) is 20.8 Å². The first-order valence-electron chi connectivity index (χ1n) is 10.2. The SMILES string of the molecule is Cc1cc(C)c(C)c(OCC(=O)N(Cc2ccc(Cl)cc2Cl)[C@H](C)C(=O)NC(C)C)c1. The molecule has 0 saturated carbocycles. The highest BCUT2D eigenvalue weighted by Crippen LogP contribution is 2.25. The van der Waals surface area contributed by atoms with E-state index in [4.69, 9.17) is 27.9 Å². The first kappa shape index (κ1) is 25.0. The molecule has 0 radical (unpaired) electrons. The van der Waals surface area contributed by atoms with E-state index in [1.54, 1.807) is 25.1 Å². The highest BCUT2D eigenvalue weighted by molar-refractivity contribution is 6.35. The van der Waals surface area contributed by atoms with Gasteiger partial charge in [-0.2, -0.15) is 0 Å². The molecule has 0 aliphatic carbocycles. The average molecular weight is 465 g/mol. The van der Waals surface area contributed by atoms with Gasteiger partial charge in [0.25, 0.3) is 5.91 Å². The molecule has 5 nitrogen and oxygen atoms in total. The van der Waals surface area contributed by atoms with Crippen molar-refractivity contribution in [1.29, 1.82) is 0 Å². The minimum atomic E-state index is -0.703. The van der Waals surface area contributed by atoms with E-state index in [-0.39, 0.29) is 31.0 Å². The van der Waals surface area contributed by atoms with Gasteiger partial charge in [-0.15, -0.1) is 0 Å². The Labute approximate surface area is 194 Å². The molecule has 2 aromatic carbocycles. The third kappa shape index (κ3) is 6.88. The van der Waals surface area contributed by atoms with Crippen molar-refractivity contribution in [1.82, 2.24) is 10.2 Å². The summed E-state index contributed by atoms with van der Waals surface area (Å²) in [7, 11) is 0. The summed E-state index contributed by atoms with van der Waals surface area (Å²) in [6.45, 7) is 11.4. The number of halogens is 2. The van der Waals surface area contributed by atoms with Crippen LogP contribution in [0.5, 0.6) is 5.75 Å². The van der Waals surface area contributed by atoms with Gasteiger partial charge < -0.3 is 15.0 Å². The molecule has 2 rings (SSSR count). The Morgan fingerprint density at radius 3 is 2.35 bits per heavy atom. The summed E-state index contributed by atoms with van der Waals surface area (Å²) in [5, 5.41) is 3.80. The van der Waals surface area contributed by atoms with E-state index >= 15 is 0 Å². The van der Waals surface area contributed by atoms with E-state index in [0.29, 0.717) is 21.4 Å². The first-order valence-corrected chi connectivity index (χ1v) is 11.0. The minimum absolute atomic E-state index is 0.0415. The normalized spacial score (nSPS) is 11.9. The molecule has 0 saturated heterocycles. The van der Waals surface area contributed by atoms with E-state index in [9.17, 15) is 9.59 Å². The number of carbonyl (C=O) groups excluding carboxylic acids is 2. The van der Waals surface area contributed by atoms with Crippen molar-refractivity contribution in [2.75, 3.05) is 6.61 Å². The van der Waals surface area contributed by atoms with Crippen molar-refractivity contribution in [2.45, 2.75) is 60.2 Å². The van der Waals surface area contributed by atoms with Gasteiger partial charge in [0.05, 0.1) is 0 Å². The fourth-order valence-electron chi connectivity index (χ4n) is 3.19. The van der Waals surface area contributed by atoms with Crippen LogP contribution in [0.25, 0.3) is 0 Å². The monoisotopic (exact) mass is 464 g/mol. The van der Waals surface area contributed by atoms with Crippen molar-refractivity contribution in [3.05, 3.63) is 62.6 Å². The Kier molecular flexibility index (Phi) is 8.78. The van der Waals surface area contributed by atoms with Crippen LogP contribution in [0.2, 0.25) is 10.0 Å². The Morgan fingerprint density at radius 2 is 1.74 bits per heavy atom. The van der Waals surface area contributed by atoms with Gasteiger partial charge in [-0.3, -0.25) is 9.59 Å². The number of aryl methyl sites for hydroxylation is 2. The van der Waals surface area contributed by atoms with Gasteiger partial charge in [0.1, 0.15) is 11.8 Å². The fraction of sp³-hybridized carbons (Fsp3) is 0.417. The number of amides is 2. The second-order valence-corrected chi connectivity index (χ2v) is 8.93. The summed E-state index contributed by atoms with van der Waals surface area (Å²) in [6.07, 6.45) is 0. The molecule has 0 aliphatic heterocycles. The molecule has 0 heterocycles. The molecular weight excluding hydrogens is 435 g/mol. The highest BCUT2D eigenvalue weighted by Gasteiger charge is 2.27.